The van der Waals surface area contributed by atoms with Gasteiger partial charge in [0, 0.05) is 16.5 Å². The summed E-state index contributed by atoms with van der Waals surface area (Å²) in [5.41, 5.74) is -0.722. The number of hydrogen-bond acceptors (Lipinski definition) is 3. The molecule has 1 aliphatic carbocycles. The Kier molecular flexibility index (Phi) is 4.60. The molecule has 1 amide bonds. The molecule has 1 aliphatic rings. The first-order valence-corrected chi connectivity index (χ1v) is 7.62. The zero-order valence-corrected chi connectivity index (χ0v) is 12.6. The van der Waals surface area contributed by atoms with Crippen LogP contribution >= 0.6 is 23.4 Å². The summed E-state index contributed by atoms with van der Waals surface area (Å²) >= 11 is 7.22. The van der Waals surface area contributed by atoms with Gasteiger partial charge in [-0.25, -0.2) is 0 Å². The molecule has 20 heavy (non-hydrogen) atoms. The normalized spacial score (nSPS) is 17.3. The summed E-state index contributed by atoms with van der Waals surface area (Å²) in [7, 11) is 0. The summed E-state index contributed by atoms with van der Waals surface area (Å²) in [5.74, 6) is -0.965. The van der Waals surface area contributed by atoms with Gasteiger partial charge in [-0.3, -0.25) is 9.59 Å². The SMILES string of the molecule is CC(Sc1ccc(Cl)cc1)C(=O)NCC1(C(=O)O)CC1. The highest BCUT2D eigenvalue weighted by Gasteiger charge is 2.50. The minimum atomic E-state index is -0.823. The van der Waals surface area contributed by atoms with Gasteiger partial charge < -0.3 is 10.4 Å². The predicted octanol–water partition coefficient (Wildman–Crippen LogP) is 2.80. The van der Waals surface area contributed by atoms with E-state index in [1.807, 2.05) is 12.1 Å². The van der Waals surface area contributed by atoms with Gasteiger partial charge in [0.15, 0.2) is 0 Å². The summed E-state index contributed by atoms with van der Waals surface area (Å²) < 4.78 is 0. The first-order valence-electron chi connectivity index (χ1n) is 6.36. The molecule has 0 spiro atoms. The van der Waals surface area contributed by atoms with Crippen LogP contribution in [-0.4, -0.2) is 28.8 Å². The van der Waals surface area contributed by atoms with E-state index in [4.69, 9.17) is 16.7 Å². The Morgan fingerprint density at radius 3 is 2.50 bits per heavy atom. The molecule has 2 rings (SSSR count). The fourth-order valence-corrected chi connectivity index (χ4v) is 2.81. The van der Waals surface area contributed by atoms with Crippen molar-refractivity contribution in [3.63, 3.8) is 0 Å². The first kappa shape index (κ1) is 15.2. The molecule has 2 N–H and O–H groups in total. The highest BCUT2D eigenvalue weighted by Crippen LogP contribution is 2.45. The van der Waals surface area contributed by atoms with E-state index < -0.39 is 11.4 Å². The number of nitrogens with one attached hydrogen (secondary N) is 1. The van der Waals surface area contributed by atoms with Gasteiger partial charge in [-0.2, -0.15) is 0 Å². The Bertz CT molecular complexity index is 514. The third-order valence-electron chi connectivity index (χ3n) is 3.40. The van der Waals surface area contributed by atoms with Gasteiger partial charge in [0.25, 0.3) is 0 Å². The number of amides is 1. The van der Waals surface area contributed by atoms with E-state index in [1.54, 1.807) is 19.1 Å². The van der Waals surface area contributed by atoms with E-state index in [9.17, 15) is 9.59 Å². The molecule has 108 valence electrons. The Hall–Kier alpha value is -1.20. The van der Waals surface area contributed by atoms with Gasteiger partial charge >= 0.3 is 5.97 Å². The van der Waals surface area contributed by atoms with Crippen molar-refractivity contribution >= 4 is 35.2 Å². The molecule has 1 atom stereocenters. The van der Waals surface area contributed by atoms with E-state index in [0.29, 0.717) is 17.9 Å². The minimum absolute atomic E-state index is 0.141. The molecule has 0 saturated heterocycles. The average Bonchev–Trinajstić information content (AvgIpc) is 3.20. The van der Waals surface area contributed by atoms with E-state index in [0.717, 1.165) is 4.90 Å². The number of carboxylic acids is 1. The van der Waals surface area contributed by atoms with Crippen molar-refractivity contribution in [3.05, 3.63) is 29.3 Å². The van der Waals surface area contributed by atoms with Gasteiger partial charge in [-0.15, -0.1) is 11.8 Å². The second-order valence-corrected chi connectivity index (χ2v) is 6.87. The number of rotatable bonds is 6. The summed E-state index contributed by atoms with van der Waals surface area (Å²) in [6.07, 6.45) is 1.28. The lowest BCUT2D eigenvalue weighted by atomic mass is 10.1. The number of benzene rings is 1. The second-order valence-electron chi connectivity index (χ2n) is 5.02. The molecule has 1 unspecified atom stereocenters. The Labute approximate surface area is 126 Å². The van der Waals surface area contributed by atoms with E-state index >= 15 is 0 Å². The quantitative estimate of drug-likeness (QED) is 0.793. The van der Waals surface area contributed by atoms with Gasteiger partial charge in [0.05, 0.1) is 10.7 Å². The van der Waals surface area contributed by atoms with E-state index in [1.165, 1.54) is 11.8 Å². The second kappa shape index (κ2) is 6.06. The van der Waals surface area contributed by atoms with Crippen LogP contribution in [0.3, 0.4) is 0 Å². The molecule has 1 aromatic carbocycles. The number of aliphatic carboxylic acids is 1. The van der Waals surface area contributed by atoms with Crippen molar-refractivity contribution in [1.29, 1.82) is 0 Å². The van der Waals surface area contributed by atoms with Gasteiger partial charge in [-0.05, 0) is 44.0 Å². The van der Waals surface area contributed by atoms with E-state index in [-0.39, 0.29) is 17.7 Å². The van der Waals surface area contributed by atoms with Crippen molar-refractivity contribution in [3.8, 4) is 0 Å². The molecule has 6 heteroatoms. The third kappa shape index (κ3) is 3.67. The van der Waals surface area contributed by atoms with Crippen LogP contribution in [0.2, 0.25) is 5.02 Å². The molecule has 1 aromatic rings. The molecular formula is C14H16ClNO3S. The monoisotopic (exact) mass is 313 g/mol. The maximum Gasteiger partial charge on any atom is 0.311 e. The summed E-state index contributed by atoms with van der Waals surface area (Å²) in [4.78, 5) is 23.9. The lowest BCUT2D eigenvalue weighted by Gasteiger charge is -2.15. The zero-order valence-electron chi connectivity index (χ0n) is 11.1. The van der Waals surface area contributed by atoms with Gasteiger partial charge in [0.1, 0.15) is 0 Å². The minimum Gasteiger partial charge on any atom is -0.481 e. The Balaban J connectivity index is 1.83. The van der Waals surface area contributed by atoms with Crippen molar-refractivity contribution in [1.82, 2.24) is 5.32 Å². The van der Waals surface area contributed by atoms with Crippen molar-refractivity contribution < 1.29 is 14.7 Å². The van der Waals surface area contributed by atoms with Crippen molar-refractivity contribution in [2.75, 3.05) is 6.54 Å². The largest absolute Gasteiger partial charge is 0.481 e. The average molecular weight is 314 g/mol. The first-order chi connectivity index (χ1) is 9.43. The number of carbonyl (C=O) groups excluding carboxylic acids is 1. The molecule has 1 saturated carbocycles. The summed E-state index contributed by atoms with van der Waals surface area (Å²) in [6.45, 7) is 2.02. The Morgan fingerprint density at radius 1 is 1.40 bits per heavy atom. The van der Waals surface area contributed by atoms with Crippen LogP contribution in [0.15, 0.2) is 29.2 Å². The lowest BCUT2D eigenvalue weighted by Crippen LogP contribution is -2.38. The summed E-state index contributed by atoms with van der Waals surface area (Å²) in [6, 6.07) is 7.27. The van der Waals surface area contributed by atoms with E-state index in [2.05, 4.69) is 5.32 Å². The van der Waals surface area contributed by atoms with Crippen LogP contribution in [0.5, 0.6) is 0 Å². The van der Waals surface area contributed by atoms with Crippen LogP contribution in [0.25, 0.3) is 0 Å². The highest BCUT2D eigenvalue weighted by atomic mass is 35.5. The van der Waals surface area contributed by atoms with Crippen molar-refractivity contribution in [2.45, 2.75) is 29.9 Å². The maximum absolute atomic E-state index is 12.0. The van der Waals surface area contributed by atoms with Crippen LogP contribution in [0.4, 0.5) is 0 Å². The summed E-state index contributed by atoms with van der Waals surface area (Å²) in [5, 5.41) is 12.2. The zero-order chi connectivity index (χ0) is 14.8. The molecule has 4 nitrogen and oxygen atoms in total. The molecule has 0 radical (unpaired) electrons. The maximum atomic E-state index is 12.0. The van der Waals surface area contributed by atoms with Crippen LogP contribution in [-0.2, 0) is 9.59 Å². The third-order valence-corrected chi connectivity index (χ3v) is 4.77. The Morgan fingerprint density at radius 2 is 2.00 bits per heavy atom. The number of halogens is 1. The fraction of sp³-hybridized carbons (Fsp3) is 0.429. The fourth-order valence-electron chi connectivity index (χ4n) is 1.79. The molecule has 1 fully saturated rings. The molecular weight excluding hydrogens is 298 g/mol. The standard InChI is InChI=1S/C14H16ClNO3S/c1-9(20-11-4-2-10(15)3-5-11)12(17)16-8-14(6-7-14)13(18)19/h2-5,9H,6-8H2,1H3,(H,16,17)(H,18,19). The number of carbonyl (C=O) groups is 2. The van der Waals surface area contributed by atoms with Crippen LogP contribution in [0.1, 0.15) is 19.8 Å². The lowest BCUT2D eigenvalue weighted by molar-refractivity contribution is -0.143. The number of thioether (sulfide) groups is 1. The van der Waals surface area contributed by atoms with Crippen LogP contribution < -0.4 is 5.32 Å². The van der Waals surface area contributed by atoms with Crippen LogP contribution in [0, 0.1) is 5.41 Å². The topological polar surface area (TPSA) is 66.4 Å². The molecule has 0 aromatic heterocycles. The smallest absolute Gasteiger partial charge is 0.311 e. The van der Waals surface area contributed by atoms with Gasteiger partial charge in [0.2, 0.25) is 5.91 Å². The predicted molar refractivity (Wildman–Crippen MR) is 79.1 cm³/mol. The number of carboxylic acid groups (broad SMARTS) is 1. The van der Waals surface area contributed by atoms with Crippen molar-refractivity contribution in [2.24, 2.45) is 5.41 Å². The molecule has 0 bridgehead atoms. The number of hydrogen-bond donors (Lipinski definition) is 2. The van der Waals surface area contributed by atoms with Gasteiger partial charge in [-0.1, -0.05) is 11.6 Å². The highest BCUT2D eigenvalue weighted by molar-refractivity contribution is 8.00. The molecule has 0 heterocycles. The molecule has 0 aliphatic heterocycles.